The lowest BCUT2D eigenvalue weighted by Gasteiger charge is -2.26. The van der Waals surface area contributed by atoms with E-state index in [1.165, 1.54) is 28.4 Å². The fourth-order valence-corrected chi connectivity index (χ4v) is 2.91. The Kier molecular flexibility index (Phi) is 3.21. The first-order valence-electron chi connectivity index (χ1n) is 5.24. The average Bonchev–Trinajstić information content (AvgIpc) is 2.47. The van der Waals surface area contributed by atoms with E-state index in [2.05, 4.69) is 30.1 Å². The van der Waals surface area contributed by atoms with E-state index >= 15 is 0 Å². The molecule has 1 saturated heterocycles. The van der Waals surface area contributed by atoms with Gasteiger partial charge in [0, 0.05) is 42.5 Å². The molecule has 0 unspecified atom stereocenters. The maximum atomic E-state index is 3.38. The molecule has 1 aromatic rings. The molecular weight excluding hydrogens is 192 g/mol. The Morgan fingerprint density at radius 2 is 2.07 bits per heavy atom. The highest BCUT2D eigenvalue weighted by Crippen LogP contribution is 2.21. The van der Waals surface area contributed by atoms with Crippen molar-refractivity contribution in [1.82, 2.24) is 10.2 Å². The standard InChI is InChI=1S/C11H18N2S/c1-9-7-11(14-10(9)2)8-13-5-3-12-4-6-13/h7,12H,3-6,8H2,1-2H3. The summed E-state index contributed by atoms with van der Waals surface area (Å²) in [6, 6.07) is 2.34. The third kappa shape index (κ3) is 2.35. The van der Waals surface area contributed by atoms with Crippen LogP contribution in [0.5, 0.6) is 0 Å². The van der Waals surface area contributed by atoms with E-state index < -0.39 is 0 Å². The van der Waals surface area contributed by atoms with E-state index in [-0.39, 0.29) is 0 Å². The zero-order valence-electron chi connectivity index (χ0n) is 8.97. The molecule has 0 atom stereocenters. The van der Waals surface area contributed by atoms with Crippen LogP contribution in [0.15, 0.2) is 6.07 Å². The van der Waals surface area contributed by atoms with Crippen LogP contribution in [-0.2, 0) is 6.54 Å². The van der Waals surface area contributed by atoms with Gasteiger partial charge in [-0.15, -0.1) is 11.3 Å². The van der Waals surface area contributed by atoms with E-state index in [1.807, 2.05) is 11.3 Å². The highest BCUT2D eigenvalue weighted by molar-refractivity contribution is 7.12. The van der Waals surface area contributed by atoms with E-state index in [0.717, 1.165) is 19.6 Å². The second-order valence-electron chi connectivity index (χ2n) is 3.98. The number of nitrogens with zero attached hydrogens (tertiary/aromatic N) is 1. The predicted octanol–water partition coefficient (Wildman–Crippen LogP) is 1.77. The molecule has 1 fully saturated rings. The van der Waals surface area contributed by atoms with Crippen LogP contribution in [-0.4, -0.2) is 31.1 Å². The van der Waals surface area contributed by atoms with Crippen LogP contribution < -0.4 is 5.32 Å². The molecule has 1 aromatic heterocycles. The molecular formula is C11H18N2S. The first-order chi connectivity index (χ1) is 6.75. The van der Waals surface area contributed by atoms with Crippen LogP contribution in [0.1, 0.15) is 15.3 Å². The summed E-state index contributed by atoms with van der Waals surface area (Å²) in [5.41, 5.74) is 1.44. The molecule has 0 amide bonds. The maximum absolute atomic E-state index is 3.38. The summed E-state index contributed by atoms with van der Waals surface area (Å²) in [7, 11) is 0. The maximum Gasteiger partial charge on any atom is 0.0329 e. The average molecular weight is 210 g/mol. The largest absolute Gasteiger partial charge is 0.314 e. The van der Waals surface area contributed by atoms with E-state index in [4.69, 9.17) is 0 Å². The van der Waals surface area contributed by atoms with Crippen molar-refractivity contribution in [2.24, 2.45) is 0 Å². The van der Waals surface area contributed by atoms with Crippen LogP contribution >= 0.6 is 11.3 Å². The monoisotopic (exact) mass is 210 g/mol. The number of hydrogen-bond donors (Lipinski definition) is 1. The van der Waals surface area contributed by atoms with Gasteiger partial charge in [-0.25, -0.2) is 0 Å². The Balaban J connectivity index is 1.95. The Bertz CT molecular complexity index is 281. The normalized spacial score (nSPS) is 18.7. The lowest BCUT2D eigenvalue weighted by Crippen LogP contribution is -2.42. The van der Waals surface area contributed by atoms with Crippen molar-refractivity contribution in [3.05, 3.63) is 21.4 Å². The van der Waals surface area contributed by atoms with Crippen molar-refractivity contribution in [3.63, 3.8) is 0 Å². The van der Waals surface area contributed by atoms with Crippen LogP contribution in [0.25, 0.3) is 0 Å². The Morgan fingerprint density at radius 3 is 2.64 bits per heavy atom. The number of nitrogens with one attached hydrogen (secondary N) is 1. The fraction of sp³-hybridized carbons (Fsp3) is 0.636. The third-order valence-corrected chi connectivity index (χ3v) is 3.94. The van der Waals surface area contributed by atoms with Gasteiger partial charge in [-0.05, 0) is 25.5 Å². The minimum absolute atomic E-state index is 1.14. The topological polar surface area (TPSA) is 15.3 Å². The SMILES string of the molecule is Cc1cc(CN2CCNCC2)sc1C. The lowest BCUT2D eigenvalue weighted by atomic mass is 10.2. The first-order valence-corrected chi connectivity index (χ1v) is 6.06. The Morgan fingerprint density at radius 1 is 1.36 bits per heavy atom. The minimum Gasteiger partial charge on any atom is -0.314 e. The van der Waals surface area contributed by atoms with Crippen LogP contribution in [0.4, 0.5) is 0 Å². The van der Waals surface area contributed by atoms with Crippen LogP contribution in [0.2, 0.25) is 0 Å². The number of thiophene rings is 1. The van der Waals surface area contributed by atoms with Gasteiger partial charge in [0.1, 0.15) is 0 Å². The molecule has 0 bridgehead atoms. The van der Waals surface area contributed by atoms with Crippen molar-refractivity contribution in [3.8, 4) is 0 Å². The predicted molar refractivity (Wildman–Crippen MR) is 61.9 cm³/mol. The smallest absolute Gasteiger partial charge is 0.0329 e. The van der Waals surface area contributed by atoms with Crippen LogP contribution in [0, 0.1) is 13.8 Å². The lowest BCUT2D eigenvalue weighted by molar-refractivity contribution is 0.235. The molecule has 0 radical (unpaired) electrons. The van der Waals surface area contributed by atoms with Gasteiger partial charge in [0.2, 0.25) is 0 Å². The number of hydrogen-bond acceptors (Lipinski definition) is 3. The second kappa shape index (κ2) is 4.43. The molecule has 0 aliphatic carbocycles. The van der Waals surface area contributed by atoms with Crippen molar-refractivity contribution < 1.29 is 0 Å². The highest BCUT2D eigenvalue weighted by atomic mass is 32.1. The molecule has 0 spiro atoms. The second-order valence-corrected chi connectivity index (χ2v) is 5.32. The zero-order valence-corrected chi connectivity index (χ0v) is 9.78. The summed E-state index contributed by atoms with van der Waals surface area (Å²) >= 11 is 1.95. The summed E-state index contributed by atoms with van der Waals surface area (Å²) in [6.07, 6.45) is 0. The van der Waals surface area contributed by atoms with Gasteiger partial charge >= 0.3 is 0 Å². The van der Waals surface area contributed by atoms with Gasteiger partial charge in [-0.3, -0.25) is 4.90 Å². The summed E-state index contributed by atoms with van der Waals surface area (Å²) in [4.78, 5) is 5.51. The summed E-state index contributed by atoms with van der Waals surface area (Å²) in [6.45, 7) is 10.2. The molecule has 1 aliphatic rings. The third-order valence-electron chi connectivity index (χ3n) is 2.81. The fourth-order valence-electron chi connectivity index (χ4n) is 1.82. The molecule has 1 N–H and O–H groups in total. The van der Waals surface area contributed by atoms with Gasteiger partial charge in [0.25, 0.3) is 0 Å². The minimum atomic E-state index is 1.14. The van der Waals surface area contributed by atoms with Crippen LogP contribution in [0.3, 0.4) is 0 Å². The van der Waals surface area contributed by atoms with Gasteiger partial charge in [-0.1, -0.05) is 0 Å². The van der Waals surface area contributed by atoms with E-state index in [1.54, 1.807) is 0 Å². The zero-order chi connectivity index (χ0) is 9.97. The van der Waals surface area contributed by atoms with Gasteiger partial charge in [0.05, 0.1) is 0 Å². The molecule has 2 nitrogen and oxygen atoms in total. The molecule has 0 saturated carbocycles. The van der Waals surface area contributed by atoms with Gasteiger partial charge < -0.3 is 5.32 Å². The van der Waals surface area contributed by atoms with Gasteiger partial charge in [0.15, 0.2) is 0 Å². The summed E-state index contributed by atoms with van der Waals surface area (Å²) < 4.78 is 0. The Hall–Kier alpha value is -0.380. The first kappa shape index (κ1) is 10.1. The van der Waals surface area contributed by atoms with Crippen molar-refractivity contribution >= 4 is 11.3 Å². The number of piperazine rings is 1. The summed E-state index contributed by atoms with van der Waals surface area (Å²) in [5, 5.41) is 3.38. The molecule has 3 heteroatoms. The van der Waals surface area contributed by atoms with Gasteiger partial charge in [-0.2, -0.15) is 0 Å². The molecule has 14 heavy (non-hydrogen) atoms. The number of aryl methyl sites for hydroxylation is 2. The van der Waals surface area contributed by atoms with Crippen molar-refractivity contribution in [1.29, 1.82) is 0 Å². The quantitative estimate of drug-likeness (QED) is 0.800. The molecule has 78 valence electrons. The van der Waals surface area contributed by atoms with Crippen molar-refractivity contribution in [2.75, 3.05) is 26.2 Å². The van der Waals surface area contributed by atoms with E-state index in [9.17, 15) is 0 Å². The summed E-state index contributed by atoms with van der Waals surface area (Å²) in [5.74, 6) is 0. The molecule has 0 aromatic carbocycles. The highest BCUT2D eigenvalue weighted by Gasteiger charge is 2.11. The number of rotatable bonds is 2. The Labute approximate surface area is 89.9 Å². The molecule has 2 rings (SSSR count). The van der Waals surface area contributed by atoms with E-state index in [0.29, 0.717) is 0 Å². The van der Waals surface area contributed by atoms with Crippen molar-refractivity contribution in [2.45, 2.75) is 20.4 Å². The molecule has 1 aliphatic heterocycles. The molecule has 2 heterocycles.